The molecule has 0 spiro atoms. The zero-order valence-corrected chi connectivity index (χ0v) is 16.0. The van der Waals surface area contributed by atoms with E-state index in [2.05, 4.69) is 15.5 Å². The van der Waals surface area contributed by atoms with Crippen LogP contribution < -0.4 is 11.1 Å². The van der Waals surface area contributed by atoms with Gasteiger partial charge in [0.25, 0.3) is 0 Å². The summed E-state index contributed by atoms with van der Waals surface area (Å²) in [5, 5.41) is 6.71. The Hall–Kier alpha value is -1.96. The number of amides is 1. The topological polar surface area (TPSA) is 103 Å². The van der Waals surface area contributed by atoms with E-state index in [4.69, 9.17) is 15.0 Å². The molecular formula is C18H25ClN4O3. The molecule has 142 valence electrons. The van der Waals surface area contributed by atoms with Gasteiger partial charge in [0, 0.05) is 24.1 Å². The minimum Gasteiger partial charge on any atom is -0.378 e. The van der Waals surface area contributed by atoms with Crippen LogP contribution >= 0.6 is 12.4 Å². The van der Waals surface area contributed by atoms with Crippen molar-refractivity contribution < 1.29 is 14.1 Å². The quantitative estimate of drug-likeness (QED) is 0.798. The Morgan fingerprint density at radius 2 is 2.08 bits per heavy atom. The fourth-order valence-corrected chi connectivity index (χ4v) is 3.18. The lowest BCUT2D eigenvalue weighted by Crippen LogP contribution is -2.67. The van der Waals surface area contributed by atoms with Gasteiger partial charge in [-0.05, 0) is 19.1 Å². The molecule has 7 nitrogen and oxygen atoms in total. The summed E-state index contributed by atoms with van der Waals surface area (Å²) < 4.78 is 11.1. The molecule has 0 bridgehead atoms. The van der Waals surface area contributed by atoms with Crippen LogP contribution in [0.2, 0.25) is 0 Å². The summed E-state index contributed by atoms with van der Waals surface area (Å²) in [7, 11) is 0. The molecule has 1 aliphatic carbocycles. The minimum absolute atomic E-state index is 0. The molecule has 1 fully saturated rings. The number of carbonyl (C=O) groups is 1. The van der Waals surface area contributed by atoms with E-state index in [1.54, 1.807) is 0 Å². The molecule has 1 aromatic heterocycles. The molecule has 2 atom stereocenters. The first-order chi connectivity index (χ1) is 11.9. The fraction of sp³-hybridized carbons (Fsp3) is 0.500. The molecule has 1 aromatic carbocycles. The lowest BCUT2D eigenvalue weighted by Gasteiger charge is -2.56. The van der Waals surface area contributed by atoms with Crippen molar-refractivity contribution in [3.8, 4) is 0 Å². The van der Waals surface area contributed by atoms with Crippen molar-refractivity contribution in [3.05, 3.63) is 42.0 Å². The monoisotopic (exact) mass is 380 g/mol. The van der Waals surface area contributed by atoms with Gasteiger partial charge in [-0.3, -0.25) is 4.79 Å². The van der Waals surface area contributed by atoms with E-state index in [0.29, 0.717) is 24.7 Å². The van der Waals surface area contributed by atoms with Crippen LogP contribution in [0.3, 0.4) is 0 Å². The molecular weight excluding hydrogens is 356 g/mol. The summed E-state index contributed by atoms with van der Waals surface area (Å²) in [4.78, 5) is 16.5. The summed E-state index contributed by atoms with van der Waals surface area (Å²) in [6, 6.07) is 9.23. The van der Waals surface area contributed by atoms with Gasteiger partial charge in [-0.1, -0.05) is 37.2 Å². The van der Waals surface area contributed by atoms with Gasteiger partial charge in [0.05, 0.1) is 12.5 Å². The third-order valence-electron chi connectivity index (χ3n) is 5.06. The first-order valence-corrected chi connectivity index (χ1v) is 8.45. The molecule has 26 heavy (non-hydrogen) atoms. The zero-order valence-electron chi connectivity index (χ0n) is 15.2. The van der Waals surface area contributed by atoms with Crippen molar-refractivity contribution in [3.63, 3.8) is 0 Å². The highest BCUT2D eigenvalue weighted by atomic mass is 35.5. The van der Waals surface area contributed by atoms with E-state index >= 15 is 0 Å². The van der Waals surface area contributed by atoms with Crippen LogP contribution in [0, 0.1) is 5.41 Å². The predicted molar refractivity (Wildman–Crippen MR) is 100.0 cm³/mol. The number of nitrogens with two attached hydrogens (primary N) is 1. The first-order valence-electron chi connectivity index (χ1n) is 8.45. The SMILES string of the molecule is CCOC1CC(N)(c2nc(CC(=O)Nc3ccccc3)no2)C1(C)C.Cl. The van der Waals surface area contributed by atoms with Crippen molar-refractivity contribution >= 4 is 24.0 Å². The molecule has 1 amide bonds. The van der Waals surface area contributed by atoms with Crippen LogP contribution in [-0.4, -0.2) is 28.8 Å². The Kier molecular flexibility index (Phi) is 6.05. The maximum Gasteiger partial charge on any atom is 0.247 e. The number of carbonyl (C=O) groups excluding carboxylic acids is 1. The molecule has 0 aliphatic heterocycles. The average Bonchev–Trinajstić information content (AvgIpc) is 3.04. The number of para-hydroxylation sites is 1. The standard InChI is InChI=1S/C18H24N4O3.ClH/c1-4-24-13-11-18(19,17(13,2)3)16-21-14(22-25-16)10-15(23)20-12-8-6-5-7-9-12;/h5-9,13H,4,10-11,19H2,1-3H3,(H,20,23);1H. The number of nitrogens with zero attached hydrogens (tertiary/aromatic N) is 2. The first kappa shape index (κ1) is 20.4. The second-order valence-electron chi connectivity index (χ2n) is 6.95. The maximum atomic E-state index is 12.1. The van der Waals surface area contributed by atoms with Gasteiger partial charge < -0.3 is 20.3 Å². The second-order valence-corrected chi connectivity index (χ2v) is 6.95. The number of hydrogen-bond acceptors (Lipinski definition) is 6. The lowest BCUT2D eigenvalue weighted by molar-refractivity contribution is -0.162. The number of nitrogens with one attached hydrogen (secondary N) is 1. The Balaban J connectivity index is 0.00000243. The highest BCUT2D eigenvalue weighted by Crippen LogP contribution is 2.55. The van der Waals surface area contributed by atoms with Crippen molar-refractivity contribution in [2.75, 3.05) is 11.9 Å². The Bertz CT molecular complexity index is 750. The van der Waals surface area contributed by atoms with Crippen molar-refractivity contribution in [2.45, 2.75) is 45.3 Å². The lowest BCUT2D eigenvalue weighted by atomic mass is 9.54. The van der Waals surface area contributed by atoms with Crippen LogP contribution in [0.4, 0.5) is 5.69 Å². The maximum absolute atomic E-state index is 12.1. The number of rotatable bonds is 6. The van der Waals surface area contributed by atoms with E-state index in [1.807, 2.05) is 51.1 Å². The summed E-state index contributed by atoms with van der Waals surface area (Å²) in [5.41, 5.74) is 6.18. The molecule has 0 saturated heterocycles. The van der Waals surface area contributed by atoms with Gasteiger partial charge >= 0.3 is 0 Å². The van der Waals surface area contributed by atoms with Crippen LogP contribution in [0.5, 0.6) is 0 Å². The normalized spacial score (nSPS) is 23.6. The minimum atomic E-state index is -0.742. The summed E-state index contributed by atoms with van der Waals surface area (Å²) in [6.45, 7) is 6.66. The highest BCUT2D eigenvalue weighted by molar-refractivity contribution is 5.91. The van der Waals surface area contributed by atoms with Gasteiger partial charge in [0.2, 0.25) is 11.8 Å². The van der Waals surface area contributed by atoms with Gasteiger partial charge in [-0.2, -0.15) is 4.98 Å². The Morgan fingerprint density at radius 3 is 2.69 bits per heavy atom. The van der Waals surface area contributed by atoms with Crippen LogP contribution in [0.15, 0.2) is 34.9 Å². The van der Waals surface area contributed by atoms with Gasteiger partial charge in [-0.25, -0.2) is 0 Å². The molecule has 1 saturated carbocycles. The van der Waals surface area contributed by atoms with Crippen LogP contribution in [0.1, 0.15) is 38.9 Å². The molecule has 2 aromatic rings. The largest absolute Gasteiger partial charge is 0.378 e. The van der Waals surface area contributed by atoms with Crippen LogP contribution in [0.25, 0.3) is 0 Å². The Morgan fingerprint density at radius 1 is 1.38 bits per heavy atom. The van der Waals surface area contributed by atoms with Gasteiger partial charge in [-0.15, -0.1) is 12.4 Å². The summed E-state index contributed by atoms with van der Waals surface area (Å²) in [6.07, 6.45) is 0.703. The number of halogens is 1. The average molecular weight is 381 g/mol. The van der Waals surface area contributed by atoms with Crippen molar-refractivity contribution in [1.29, 1.82) is 0 Å². The number of anilines is 1. The molecule has 0 radical (unpaired) electrons. The smallest absolute Gasteiger partial charge is 0.247 e. The van der Waals surface area contributed by atoms with E-state index in [9.17, 15) is 4.79 Å². The third kappa shape index (κ3) is 3.60. The van der Waals surface area contributed by atoms with E-state index in [0.717, 1.165) is 5.69 Å². The van der Waals surface area contributed by atoms with E-state index in [1.165, 1.54) is 0 Å². The van der Waals surface area contributed by atoms with Crippen molar-refractivity contribution in [1.82, 2.24) is 10.1 Å². The van der Waals surface area contributed by atoms with Crippen molar-refractivity contribution in [2.24, 2.45) is 11.1 Å². The predicted octanol–water partition coefficient (Wildman–Crippen LogP) is 2.66. The highest BCUT2D eigenvalue weighted by Gasteiger charge is 2.62. The molecule has 8 heteroatoms. The summed E-state index contributed by atoms with van der Waals surface area (Å²) in [5.74, 6) is 0.476. The Labute approximate surface area is 159 Å². The molecule has 2 unspecified atom stereocenters. The fourth-order valence-electron chi connectivity index (χ4n) is 3.18. The number of hydrogen-bond donors (Lipinski definition) is 2. The molecule has 1 aliphatic rings. The zero-order chi connectivity index (χ0) is 18.1. The third-order valence-corrected chi connectivity index (χ3v) is 5.06. The molecule has 1 heterocycles. The van der Waals surface area contributed by atoms with E-state index < -0.39 is 5.54 Å². The van der Waals surface area contributed by atoms with E-state index in [-0.39, 0.29) is 36.3 Å². The number of ether oxygens (including phenoxy) is 1. The summed E-state index contributed by atoms with van der Waals surface area (Å²) >= 11 is 0. The number of aromatic nitrogens is 2. The molecule has 3 N–H and O–H groups in total. The van der Waals surface area contributed by atoms with Crippen LogP contribution in [-0.2, 0) is 21.5 Å². The second kappa shape index (κ2) is 7.73. The number of benzene rings is 1. The van der Waals surface area contributed by atoms with Gasteiger partial charge in [0.1, 0.15) is 5.54 Å². The molecule has 3 rings (SSSR count). The van der Waals surface area contributed by atoms with Gasteiger partial charge in [0.15, 0.2) is 5.82 Å².